The standard InChI is InChI=1S/C25H38N4O2/c1-4-27(3)25(21-11-6-5-7-12-21)15-13-24(14-16-25)19-28(18-22(30)26-2)23(31)29(24)17-20-9-8-10-20/h5-7,11-12,20H,4,8-10,13-19H2,1-3H3,(H,26,30)/t24-,25+. The number of urea groups is 1. The summed E-state index contributed by atoms with van der Waals surface area (Å²) in [5.74, 6) is 0.536. The summed E-state index contributed by atoms with van der Waals surface area (Å²) in [6, 6.07) is 10.9. The average Bonchev–Trinajstić information content (AvgIpc) is 3.01. The van der Waals surface area contributed by atoms with Crippen molar-refractivity contribution in [2.24, 2.45) is 5.92 Å². The molecule has 4 rings (SSSR count). The van der Waals surface area contributed by atoms with Crippen LogP contribution in [0.3, 0.4) is 0 Å². The molecule has 2 saturated carbocycles. The minimum Gasteiger partial charge on any atom is -0.358 e. The fourth-order valence-corrected chi connectivity index (χ4v) is 5.96. The van der Waals surface area contributed by atoms with E-state index in [4.69, 9.17) is 0 Å². The third kappa shape index (κ3) is 3.95. The highest BCUT2D eigenvalue weighted by atomic mass is 16.2. The lowest BCUT2D eigenvalue weighted by molar-refractivity contribution is -0.121. The number of nitrogens with zero attached hydrogens (tertiary/aromatic N) is 3. The predicted octanol–water partition coefficient (Wildman–Crippen LogP) is 3.43. The van der Waals surface area contributed by atoms with Crippen LogP contribution in [0, 0.1) is 5.92 Å². The van der Waals surface area contributed by atoms with Gasteiger partial charge in [0.25, 0.3) is 0 Å². The third-order valence-corrected chi connectivity index (χ3v) is 8.36. The first-order valence-corrected chi connectivity index (χ1v) is 12.0. The molecule has 1 heterocycles. The second-order valence-electron chi connectivity index (χ2n) is 9.86. The van der Waals surface area contributed by atoms with Gasteiger partial charge in [-0.05, 0) is 63.6 Å². The molecular formula is C25H38N4O2. The maximum absolute atomic E-state index is 13.4. The van der Waals surface area contributed by atoms with E-state index >= 15 is 0 Å². The number of amides is 3. The summed E-state index contributed by atoms with van der Waals surface area (Å²) in [7, 11) is 3.87. The summed E-state index contributed by atoms with van der Waals surface area (Å²) in [5, 5.41) is 2.68. The molecule has 2 aliphatic carbocycles. The normalized spacial score (nSPS) is 29.0. The molecule has 3 aliphatic rings. The van der Waals surface area contributed by atoms with Crippen molar-refractivity contribution in [3.8, 4) is 0 Å². The predicted molar refractivity (Wildman–Crippen MR) is 123 cm³/mol. The highest BCUT2D eigenvalue weighted by molar-refractivity contribution is 5.85. The molecule has 0 atom stereocenters. The zero-order chi connectivity index (χ0) is 22.1. The van der Waals surface area contributed by atoms with Crippen molar-refractivity contribution >= 4 is 11.9 Å². The second-order valence-corrected chi connectivity index (χ2v) is 9.86. The van der Waals surface area contributed by atoms with Gasteiger partial charge in [0.1, 0.15) is 6.54 Å². The Kier molecular flexibility index (Phi) is 6.29. The zero-order valence-corrected chi connectivity index (χ0v) is 19.4. The number of hydrogen-bond donors (Lipinski definition) is 1. The van der Waals surface area contributed by atoms with Gasteiger partial charge in [0.15, 0.2) is 0 Å². The zero-order valence-electron chi connectivity index (χ0n) is 19.4. The largest absolute Gasteiger partial charge is 0.358 e. The van der Waals surface area contributed by atoms with Gasteiger partial charge in [-0.3, -0.25) is 9.69 Å². The van der Waals surface area contributed by atoms with E-state index in [9.17, 15) is 9.59 Å². The van der Waals surface area contributed by atoms with E-state index in [1.807, 2.05) is 0 Å². The fraction of sp³-hybridized carbons (Fsp3) is 0.680. The van der Waals surface area contributed by atoms with Gasteiger partial charge < -0.3 is 15.1 Å². The average molecular weight is 427 g/mol. The van der Waals surface area contributed by atoms with Crippen molar-refractivity contribution in [2.75, 3.05) is 40.3 Å². The summed E-state index contributed by atoms with van der Waals surface area (Å²) >= 11 is 0. The van der Waals surface area contributed by atoms with E-state index in [-0.39, 0.29) is 29.6 Å². The SMILES string of the molecule is CCN(C)[C@]1(c2ccccc2)CC[C@]2(CC1)CN(CC(=O)NC)C(=O)N2CC1CCC1. The van der Waals surface area contributed by atoms with Crippen molar-refractivity contribution in [2.45, 2.75) is 62.9 Å². The lowest BCUT2D eigenvalue weighted by atomic mass is 9.68. The molecule has 1 aromatic rings. The summed E-state index contributed by atoms with van der Waals surface area (Å²) in [4.78, 5) is 31.9. The third-order valence-electron chi connectivity index (χ3n) is 8.36. The van der Waals surface area contributed by atoms with Crippen LogP contribution in [0.15, 0.2) is 30.3 Å². The summed E-state index contributed by atoms with van der Waals surface area (Å²) in [6.45, 7) is 4.91. The molecule has 3 fully saturated rings. The number of carbonyl (C=O) groups is 2. The van der Waals surface area contributed by atoms with Crippen molar-refractivity contribution in [3.63, 3.8) is 0 Å². The molecule has 170 valence electrons. The van der Waals surface area contributed by atoms with E-state index in [1.54, 1.807) is 11.9 Å². The quantitative estimate of drug-likeness (QED) is 0.727. The highest BCUT2D eigenvalue weighted by Gasteiger charge is 2.55. The summed E-state index contributed by atoms with van der Waals surface area (Å²) in [5.41, 5.74) is 1.25. The number of nitrogens with one attached hydrogen (secondary N) is 1. The van der Waals surface area contributed by atoms with Gasteiger partial charge in [-0.2, -0.15) is 0 Å². The van der Waals surface area contributed by atoms with Gasteiger partial charge in [0.05, 0.1) is 5.54 Å². The monoisotopic (exact) mass is 426 g/mol. The molecule has 1 N–H and O–H groups in total. The summed E-state index contributed by atoms with van der Waals surface area (Å²) < 4.78 is 0. The Morgan fingerprint density at radius 3 is 2.39 bits per heavy atom. The van der Waals surface area contributed by atoms with Crippen LogP contribution in [-0.4, -0.2) is 72.5 Å². The van der Waals surface area contributed by atoms with E-state index in [0.717, 1.165) is 38.8 Å². The fourth-order valence-electron chi connectivity index (χ4n) is 5.96. The number of carbonyl (C=O) groups excluding carboxylic acids is 2. The van der Waals surface area contributed by atoms with Crippen LogP contribution in [0.5, 0.6) is 0 Å². The minimum absolute atomic E-state index is 0.0145. The molecule has 6 heteroatoms. The van der Waals surface area contributed by atoms with Crippen LogP contribution in [0.4, 0.5) is 4.79 Å². The van der Waals surface area contributed by atoms with Gasteiger partial charge in [-0.1, -0.05) is 43.7 Å². The van der Waals surface area contributed by atoms with Crippen LogP contribution in [0.1, 0.15) is 57.4 Å². The molecule has 1 spiro atoms. The molecule has 6 nitrogen and oxygen atoms in total. The maximum Gasteiger partial charge on any atom is 0.321 e. The first-order chi connectivity index (χ1) is 14.9. The molecule has 0 bridgehead atoms. The topological polar surface area (TPSA) is 55.9 Å². The highest BCUT2D eigenvalue weighted by Crippen LogP contribution is 2.49. The number of likely N-dealkylation sites (N-methyl/N-ethyl adjacent to an activating group) is 1. The van der Waals surface area contributed by atoms with Crippen LogP contribution in [0.25, 0.3) is 0 Å². The van der Waals surface area contributed by atoms with E-state index in [2.05, 4.69) is 59.4 Å². The lowest BCUT2D eigenvalue weighted by Crippen LogP contribution is -2.57. The molecule has 1 aliphatic heterocycles. The Morgan fingerprint density at radius 2 is 1.84 bits per heavy atom. The Hall–Kier alpha value is -2.08. The van der Waals surface area contributed by atoms with Crippen molar-refractivity contribution in [3.05, 3.63) is 35.9 Å². The molecule has 0 unspecified atom stereocenters. The van der Waals surface area contributed by atoms with Crippen LogP contribution >= 0.6 is 0 Å². The summed E-state index contributed by atoms with van der Waals surface area (Å²) in [6.07, 6.45) is 7.75. The number of hydrogen-bond acceptors (Lipinski definition) is 3. The van der Waals surface area contributed by atoms with Crippen LogP contribution in [-0.2, 0) is 10.3 Å². The first-order valence-electron chi connectivity index (χ1n) is 12.0. The van der Waals surface area contributed by atoms with Crippen molar-refractivity contribution < 1.29 is 9.59 Å². The number of rotatable bonds is 7. The van der Waals surface area contributed by atoms with E-state index in [0.29, 0.717) is 12.5 Å². The molecule has 0 radical (unpaired) electrons. The Morgan fingerprint density at radius 1 is 1.16 bits per heavy atom. The van der Waals surface area contributed by atoms with E-state index < -0.39 is 0 Å². The van der Waals surface area contributed by atoms with Gasteiger partial charge in [0.2, 0.25) is 5.91 Å². The molecule has 1 saturated heterocycles. The smallest absolute Gasteiger partial charge is 0.321 e. The second kappa shape index (κ2) is 8.81. The molecule has 3 amide bonds. The molecule has 31 heavy (non-hydrogen) atoms. The van der Waals surface area contributed by atoms with Crippen LogP contribution < -0.4 is 5.32 Å². The van der Waals surface area contributed by atoms with Gasteiger partial charge in [0, 0.05) is 25.7 Å². The maximum atomic E-state index is 13.4. The molecular weight excluding hydrogens is 388 g/mol. The Balaban J connectivity index is 1.59. The number of benzene rings is 1. The molecule has 0 aromatic heterocycles. The molecule has 1 aromatic carbocycles. The van der Waals surface area contributed by atoms with Crippen molar-refractivity contribution in [1.82, 2.24) is 20.0 Å². The van der Waals surface area contributed by atoms with E-state index in [1.165, 1.54) is 24.8 Å². The van der Waals surface area contributed by atoms with Gasteiger partial charge in [-0.15, -0.1) is 0 Å². The van der Waals surface area contributed by atoms with Crippen LogP contribution in [0.2, 0.25) is 0 Å². The Labute approximate surface area is 187 Å². The van der Waals surface area contributed by atoms with Gasteiger partial charge >= 0.3 is 6.03 Å². The van der Waals surface area contributed by atoms with Gasteiger partial charge in [-0.25, -0.2) is 4.79 Å². The Bertz CT molecular complexity index is 784. The van der Waals surface area contributed by atoms with Crippen molar-refractivity contribution in [1.29, 1.82) is 0 Å². The lowest BCUT2D eigenvalue weighted by Gasteiger charge is -2.52. The minimum atomic E-state index is -0.145. The first kappa shape index (κ1) is 22.1.